The van der Waals surface area contributed by atoms with Crippen LogP contribution in [-0.4, -0.2) is 36.7 Å². The van der Waals surface area contributed by atoms with Crippen molar-refractivity contribution in [2.75, 3.05) is 5.32 Å². The molecule has 1 fully saturated rings. The highest BCUT2D eigenvalue weighted by Crippen LogP contribution is 2.43. The molecule has 3 heterocycles. The Morgan fingerprint density at radius 3 is 2.31 bits per heavy atom. The number of pyridine rings is 1. The van der Waals surface area contributed by atoms with Crippen LogP contribution in [0.5, 0.6) is 0 Å². The number of nitrogens with zero attached hydrogens (tertiary/aromatic N) is 5. The van der Waals surface area contributed by atoms with E-state index in [-0.39, 0.29) is 37.5 Å². The minimum Gasteiger partial charge on any atom is -0.320 e. The van der Waals surface area contributed by atoms with E-state index in [9.17, 15) is 13.6 Å². The van der Waals surface area contributed by atoms with Crippen LogP contribution in [0.2, 0.25) is 0 Å². The molecule has 3 aromatic rings. The van der Waals surface area contributed by atoms with Crippen LogP contribution in [0.3, 0.4) is 0 Å². The maximum Gasteiger partial charge on any atom is 0.258 e. The molecule has 1 amide bonds. The van der Waals surface area contributed by atoms with Crippen molar-refractivity contribution in [2.45, 2.75) is 57.3 Å². The number of aromatic nitrogens is 5. The maximum absolute atomic E-state index is 13.7. The highest BCUT2D eigenvalue weighted by atomic mass is 19.3. The van der Waals surface area contributed by atoms with E-state index in [1.54, 1.807) is 30.7 Å². The quantitative estimate of drug-likeness (QED) is 0.603. The Bertz CT molecular complexity index is 1080. The van der Waals surface area contributed by atoms with Crippen molar-refractivity contribution in [1.29, 1.82) is 0 Å². The van der Waals surface area contributed by atoms with Crippen LogP contribution in [0.4, 0.5) is 14.5 Å². The molecule has 3 aromatic heterocycles. The third-order valence-electron chi connectivity index (χ3n) is 5.58. The zero-order chi connectivity index (χ0) is 22.7. The molecular formula is C23H24F2N6O. The molecule has 0 saturated heterocycles. The van der Waals surface area contributed by atoms with E-state index in [4.69, 9.17) is 0 Å². The lowest BCUT2D eigenvalue weighted by Crippen LogP contribution is -2.25. The van der Waals surface area contributed by atoms with Crippen molar-refractivity contribution in [3.63, 3.8) is 0 Å². The lowest BCUT2D eigenvalue weighted by Gasteiger charge is -2.29. The number of hydrogen-bond acceptors (Lipinski definition) is 6. The Morgan fingerprint density at radius 1 is 1.03 bits per heavy atom. The molecular weight excluding hydrogens is 414 g/mol. The van der Waals surface area contributed by atoms with E-state index in [2.05, 4.69) is 30.2 Å². The highest BCUT2D eigenvalue weighted by Gasteiger charge is 2.37. The second kappa shape index (κ2) is 9.02. The molecule has 1 aliphatic rings. The number of hydrogen-bond donors (Lipinski definition) is 1. The van der Waals surface area contributed by atoms with E-state index in [1.165, 1.54) is 12.4 Å². The normalized spacial score (nSPS) is 16.2. The molecule has 32 heavy (non-hydrogen) atoms. The van der Waals surface area contributed by atoms with Crippen LogP contribution in [-0.2, 0) is 0 Å². The van der Waals surface area contributed by atoms with Gasteiger partial charge in [0.05, 0.1) is 16.9 Å². The van der Waals surface area contributed by atoms with E-state index in [1.807, 2.05) is 13.8 Å². The predicted octanol–water partition coefficient (Wildman–Crippen LogP) is 5.00. The van der Waals surface area contributed by atoms with E-state index < -0.39 is 11.8 Å². The summed E-state index contributed by atoms with van der Waals surface area (Å²) in [5.41, 5.74) is 1.88. The monoisotopic (exact) mass is 438 g/mol. The summed E-state index contributed by atoms with van der Waals surface area (Å²) in [7, 11) is 0. The van der Waals surface area contributed by atoms with Gasteiger partial charge in [-0.15, -0.1) is 0 Å². The van der Waals surface area contributed by atoms with Crippen molar-refractivity contribution in [3.8, 4) is 11.4 Å². The molecule has 0 spiro atoms. The molecule has 0 atom stereocenters. The third-order valence-corrected chi connectivity index (χ3v) is 5.58. The molecule has 0 aromatic carbocycles. The van der Waals surface area contributed by atoms with Crippen molar-refractivity contribution in [2.24, 2.45) is 0 Å². The van der Waals surface area contributed by atoms with Crippen LogP contribution in [0.15, 0.2) is 43.1 Å². The van der Waals surface area contributed by atoms with E-state index in [0.29, 0.717) is 34.2 Å². The first kappa shape index (κ1) is 21.9. The Kier molecular flexibility index (Phi) is 6.16. The standard InChI is InChI=1S/C23H24F2N6O/c1-14(2)20-29-12-16(13-30-20)22(32)31-19-17(21-27-9-3-10-28-21)6-11-26-18(19)15-4-7-23(24,25)8-5-15/h3,6,9-15H,4-5,7-8H2,1-2H3,(H,31,32). The molecule has 7 nitrogen and oxygen atoms in total. The molecule has 0 unspecified atom stereocenters. The fourth-order valence-corrected chi connectivity index (χ4v) is 3.80. The van der Waals surface area contributed by atoms with Gasteiger partial charge in [-0.25, -0.2) is 28.7 Å². The molecule has 4 rings (SSSR count). The van der Waals surface area contributed by atoms with Gasteiger partial charge in [0.2, 0.25) is 5.92 Å². The summed E-state index contributed by atoms with van der Waals surface area (Å²) in [5, 5.41) is 2.91. The van der Waals surface area contributed by atoms with E-state index >= 15 is 0 Å². The number of alkyl halides is 2. The van der Waals surface area contributed by atoms with Crippen LogP contribution >= 0.6 is 0 Å². The fourth-order valence-electron chi connectivity index (χ4n) is 3.80. The zero-order valence-electron chi connectivity index (χ0n) is 17.9. The summed E-state index contributed by atoms with van der Waals surface area (Å²) in [6, 6.07) is 3.41. The average Bonchev–Trinajstić information content (AvgIpc) is 2.80. The summed E-state index contributed by atoms with van der Waals surface area (Å²) in [6.45, 7) is 3.94. The maximum atomic E-state index is 13.7. The van der Waals surface area contributed by atoms with Gasteiger partial charge >= 0.3 is 0 Å². The van der Waals surface area contributed by atoms with Crippen molar-refractivity contribution in [1.82, 2.24) is 24.9 Å². The van der Waals surface area contributed by atoms with Crippen molar-refractivity contribution >= 4 is 11.6 Å². The number of carbonyl (C=O) groups excluding carboxylic acids is 1. The number of carbonyl (C=O) groups is 1. The second-order valence-corrected chi connectivity index (χ2v) is 8.26. The smallest absolute Gasteiger partial charge is 0.258 e. The first-order chi connectivity index (χ1) is 15.3. The van der Waals surface area contributed by atoms with Gasteiger partial charge in [-0.05, 0) is 25.0 Å². The topological polar surface area (TPSA) is 93.6 Å². The van der Waals surface area contributed by atoms with Crippen LogP contribution < -0.4 is 5.32 Å². The van der Waals surface area contributed by atoms with Gasteiger partial charge in [0, 0.05) is 61.2 Å². The average molecular weight is 438 g/mol. The minimum atomic E-state index is -2.66. The van der Waals surface area contributed by atoms with Crippen molar-refractivity contribution < 1.29 is 13.6 Å². The SMILES string of the molecule is CC(C)c1ncc(C(=O)Nc2c(-c3ncccn3)ccnc2C2CCC(F)(F)CC2)cn1. The van der Waals surface area contributed by atoms with Gasteiger partial charge in [0.15, 0.2) is 5.82 Å². The number of halogens is 2. The summed E-state index contributed by atoms with van der Waals surface area (Å²) >= 11 is 0. The Labute approximate surface area is 184 Å². The van der Waals surface area contributed by atoms with Gasteiger partial charge in [0.25, 0.3) is 5.91 Å². The lowest BCUT2D eigenvalue weighted by molar-refractivity contribution is -0.0384. The van der Waals surface area contributed by atoms with Gasteiger partial charge in [-0.2, -0.15) is 0 Å². The van der Waals surface area contributed by atoms with Gasteiger partial charge in [-0.1, -0.05) is 13.8 Å². The molecule has 9 heteroatoms. The molecule has 166 valence electrons. The molecule has 1 aliphatic carbocycles. The van der Waals surface area contributed by atoms with Gasteiger partial charge in [0.1, 0.15) is 5.82 Å². The number of anilines is 1. The van der Waals surface area contributed by atoms with Crippen LogP contribution in [0, 0.1) is 0 Å². The first-order valence-electron chi connectivity index (χ1n) is 10.6. The number of rotatable bonds is 5. The largest absolute Gasteiger partial charge is 0.320 e. The van der Waals surface area contributed by atoms with E-state index in [0.717, 1.165) is 0 Å². The van der Waals surface area contributed by atoms with Gasteiger partial charge in [-0.3, -0.25) is 9.78 Å². The Balaban J connectivity index is 1.70. The van der Waals surface area contributed by atoms with Crippen LogP contribution in [0.1, 0.15) is 73.2 Å². The fraction of sp³-hybridized carbons (Fsp3) is 0.391. The summed E-state index contributed by atoms with van der Waals surface area (Å²) in [5.74, 6) is -2.07. The highest BCUT2D eigenvalue weighted by molar-refractivity contribution is 6.06. The molecule has 0 radical (unpaired) electrons. The third kappa shape index (κ3) is 4.76. The Hall–Kier alpha value is -3.36. The van der Waals surface area contributed by atoms with Crippen LogP contribution in [0.25, 0.3) is 11.4 Å². The first-order valence-corrected chi connectivity index (χ1v) is 10.6. The lowest BCUT2D eigenvalue weighted by atomic mass is 9.83. The molecule has 0 aliphatic heterocycles. The number of nitrogens with one attached hydrogen (secondary N) is 1. The predicted molar refractivity (Wildman–Crippen MR) is 115 cm³/mol. The van der Waals surface area contributed by atoms with Crippen molar-refractivity contribution in [3.05, 3.63) is 60.2 Å². The molecule has 0 bridgehead atoms. The number of amides is 1. The molecule has 1 N–H and O–H groups in total. The van der Waals surface area contributed by atoms with Gasteiger partial charge < -0.3 is 5.32 Å². The second-order valence-electron chi connectivity index (χ2n) is 8.26. The summed E-state index contributed by atoms with van der Waals surface area (Å²) in [6.07, 6.45) is 7.93. The summed E-state index contributed by atoms with van der Waals surface area (Å²) in [4.78, 5) is 34.6. The molecule has 1 saturated carbocycles. The minimum absolute atomic E-state index is 0.142. The zero-order valence-corrected chi connectivity index (χ0v) is 17.9. The summed E-state index contributed by atoms with van der Waals surface area (Å²) < 4.78 is 27.5. The Morgan fingerprint density at radius 2 is 1.69 bits per heavy atom.